The average molecular weight is 330 g/mol. The lowest BCUT2D eigenvalue weighted by Crippen LogP contribution is -2.09. The second-order valence-corrected chi connectivity index (χ2v) is 4.50. The van der Waals surface area contributed by atoms with E-state index < -0.39 is 17.9 Å². The molecule has 0 unspecified atom stereocenters. The van der Waals surface area contributed by atoms with Crippen LogP contribution in [0.2, 0.25) is 0 Å². The first-order valence-corrected chi connectivity index (χ1v) is 6.78. The highest BCUT2D eigenvalue weighted by Gasteiger charge is 2.15. The summed E-state index contributed by atoms with van der Waals surface area (Å²) in [6.07, 6.45) is 4.04. The quantitative estimate of drug-likeness (QED) is 0.472. The van der Waals surface area contributed by atoms with Gasteiger partial charge in [0.05, 0.1) is 31.6 Å². The van der Waals surface area contributed by atoms with Gasteiger partial charge < -0.3 is 18.6 Å². The van der Waals surface area contributed by atoms with Crippen molar-refractivity contribution in [3.63, 3.8) is 0 Å². The van der Waals surface area contributed by atoms with Crippen LogP contribution >= 0.6 is 0 Å². The second-order valence-electron chi connectivity index (χ2n) is 4.50. The van der Waals surface area contributed by atoms with Crippen molar-refractivity contribution in [1.29, 1.82) is 0 Å². The molecule has 0 aliphatic carbocycles. The van der Waals surface area contributed by atoms with Crippen LogP contribution in [0.1, 0.15) is 26.5 Å². The first-order valence-electron chi connectivity index (χ1n) is 6.78. The van der Waals surface area contributed by atoms with Gasteiger partial charge in [0.25, 0.3) is 0 Å². The molecular weight excluding hydrogens is 316 g/mol. The number of furan rings is 1. The van der Waals surface area contributed by atoms with E-state index in [0.717, 1.165) is 6.08 Å². The number of rotatable bonds is 5. The van der Waals surface area contributed by atoms with Crippen molar-refractivity contribution in [2.45, 2.75) is 0 Å². The average Bonchev–Trinajstić information content (AvgIpc) is 3.11. The topological polar surface area (TPSA) is 92.0 Å². The highest BCUT2D eigenvalue weighted by atomic mass is 16.5. The lowest BCUT2D eigenvalue weighted by molar-refractivity contribution is -0.128. The molecule has 24 heavy (non-hydrogen) atoms. The predicted octanol–water partition coefficient (Wildman–Crippen LogP) is 2.47. The van der Waals surface area contributed by atoms with E-state index in [-0.39, 0.29) is 16.9 Å². The minimum absolute atomic E-state index is 0.00685. The highest BCUT2D eigenvalue weighted by Crippen LogP contribution is 2.19. The monoisotopic (exact) mass is 330 g/mol. The van der Waals surface area contributed by atoms with Crippen LogP contribution in [0.3, 0.4) is 0 Å². The Morgan fingerprint density at radius 2 is 1.62 bits per heavy atom. The molecule has 7 heteroatoms. The molecule has 0 atom stereocenters. The van der Waals surface area contributed by atoms with Gasteiger partial charge >= 0.3 is 17.9 Å². The molecule has 2 aromatic rings. The molecule has 2 rings (SSSR count). The molecule has 1 heterocycles. The lowest BCUT2D eigenvalue weighted by Gasteiger charge is -2.07. The van der Waals surface area contributed by atoms with Gasteiger partial charge in [-0.3, -0.25) is 0 Å². The second kappa shape index (κ2) is 7.77. The standard InChI is InChI=1S/C17H14O7/c1-21-16(19)11-8-12(17(20)22-2)10-14(9-11)24-15(18)6-5-13-4-3-7-23-13/h3-10H,1-2H3/b6-5+. The van der Waals surface area contributed by atoms with Gasteiger partial charge in [-0.25, -0.2) is 14.4 Å². The van der Waals surface area contributed by atoms with Crippen molar-refractivity contribution in [2.24, 2.45) is 0 Å². The van der Waals surface area contributed by atoms with Crippen LogP contribution in [0.5, 0.6) is 5.75 Å². The first kappa shape index (κ1) is 17.0. The summed E-state index contributed by atoms with van der Waals surface area (Å²) < 4.78 is 19.4. The smallest absolute Gasteiger partial charge is 0.338 e. The molecule has 1 aromatic heterocycles. The molecule has 124 valence electrons. The highest BCUT2D eigenvalue weighted by molar-refractivity contribution is 5.96. The zero-order valence-corrected chi connectivity index (χ0v) is 13.0. The lowest BCUT2D eigenvalue weighted by atomic mass is 10.1. The van der Waals surface area contributed by atoms with E-state index in [9.17, 15) is 14.4 Å². The molecule has 0 aliphatic rings. The third-order valence-electron chi connectivity index (χ3n) is 2.89. The van der Waals surface area contributed by atoms with Crippen LogP contribution in [-0.4, -0.2) is 32.1 Å². The fourth-order valence-corrected chi connectivity index (χ4v) is 1.82. The van der Waals surface area contributed by atoms with E-state index in [0.29, 0.717) is 5.76 Å². The third-order valence-corrected chi connectivity index (χ3v) is 2.89. The van der Waals surface area contributed by atoms with Crippen LogP contribution in [-0.2, 0) is 14.3 Å². The fourth-order valence-electron chi connectivity index (χ4n) is 1.82. The number of esters is 3. The van der Waals surface area contributed by atoms with E-state index >= 15 is 0 Å². The van der Waals surface area contributed by atoms with Gasteiger partial charge in [0, 0.05) is 6.08 Å². The summed E-state index contributed by atoms with van der Waals surface area (Å²) in [7, 11) is 2.40. The minimum atomic E-state index is -0.704. The maximum Gasteiger partial charge on any atom is 0.338 e. The van der Waals surface area contributed by atoms with Gasteiger partial charge in [0.2, 0.25) is 0 Å². The molecule has 1 aromatic carbocycles. The normalized spacial score (nSPS) is 10.4. The summed E-state index contributed by atoms with van der Waals surface area (Å²) in [6, 6.07) is 7.20. The van der Waals surface area contributed by atoms with Crippen LogP contribution in [0.25, 0.3) is 6.08 Å². The van der Waals surface area contributed by atoms with Gasteiger partial charge in [-0.05, 0) is 36.4 Å². The maximum atomic E-state index is 11.8. The van der Waals surface area contributed by atoms with Gasteiger partial charge in [-0.1, -0.05) is 0 Å². The number of carbonyl (C=O) groups excluding carboxylic acids is 3. The van der Waals surface area contributed by atoms with Crippen molar-refractivity contribution >= 4 is 24.0 Å². The Morgan fingerprint density at radius 1 is 1.00 bits per heavy atom. The van der Waals surface area contributed by atoms with E-state index in [1.54, 1.807) is 12.1 Å². The number of benzene rings is 1. The van der Waals surface area contributed by atoms with Crippen molar-refractivity contribution in [2.75, 3.05) is 14.2 Å². The van der Waals surface area contributed by atoms with E-state index in [2.05, 4.69) is 9.47 Å². The summed E-state index contributed by atoms with van der Waals surface area (Å²) in [6.45, 7) is 0. The number of hydrogen-bond acceptors (Lipinski definition) is 7. The number of ether oxygens (including phenoxy) is 3. The van der Waals surface area contributed by atoms with E-state index in [1.165, 1.54) is 44.8 Å². The Hall–Kier alpha value is -3.35. The van der Waals surface area contributed by atoms with Crippen LogP contribution in [0.15, 0.2) is 47.1 Å². The van der Waals surface area contributed by atoms with Crippen molar-refractivity contribution in [1.82, 2.24) is 0 Å². The zero-order chi connectivity index (χ0) is 17.5. The fraction of sp³-hybridized carbons (Fsp3) is 0.118. The summed E-state index contributed by atoms with van der Waals surface area (Å²) in [5, 5.41) is 0. The molecule has 0 amide bonds. The summed E-state index contributed by atoms with van der Waals surface area (Å²) >= 11 is 0. The van der Waals surface area contributed by atoms with Crippen LogP contribution < -0.4 is 4.74 Å². The molecule has 0 aliphatic heterocycles. The Morgan fingerprint density at radius 3 is 2.12 bits per heavy atom. The zero-order valence-electron chi connectivity index (χ0n) is 13.0. The van der Waals surface area contributed by atoms with Gasteiger partial charge in [0.15, 0.2) is 0 Å². The Balaban J connectivity index is 2.23. The largest absolute Gasteiger partial charge is 0.465 e. The molecule has 0 fully saturated rings. The molecule has 0 saturated heterocycles. The van der Waals surface area contributed by atoms with Crippen LogP contribution in [0, 0.1) is 0 Å². The molecule has 0 spiro atoms. The molecule has 0 bridgehead atoms. The van der Waals surface area contributed by atoms with Crippen LogP contribution in [0.4, 0.5) is 0 Å². The van der Waals surface area contributed by atoms with Crippen molar-refractivity contribution in [3.8, 4) is 5.75 Å². The Bertz CT molecular complexity index is 738. The summed E-state index contributed by atoms with van der Waals surface area (Å²) in [5.41, 5.74) is 0.108. The molecular formula is C17H14O7. The molecule has 0 saturated carbocycles. The number of methoxy groups -OCH3 is 2. The van der Waals surface area contributed by atoms with Crippen molar-refractivity contribution < 1.29 is 33.0 Å². The molecule has 7 nitrogen and oxygen atoms in total. The summed E-state index contributed by atoms with van der Waals surface area (Å²) in [4.78, 5) is 35.1. The number of carbonyl (C=O) groups is 3. The maximum absolute atomic E-state index is 11.8. The summed E-state index contributed by atoms with van der Waals surface area (Å²) in [5.74, 6) is -1.57. The molecule has 0 N–H and O–H groups in total. The third kappa shape index (κ3) is 4.33. The van der Waals surface area contributed by atoms with Gasteiger partial charge in [-0.15, -0.1) is 0 Å². The van der Waals surface area contributed by atoms with Gasteiger partial charge in [-0.2, -0.15) is 0 Å². The van der Waals surface area contributed by atoms with Crippen molar-refractivity contribution in [3.05, 3.63) is 59.6 Å². The predicted molar refractivity (Wildman–Crippen MR) is 82.5 cm³/mol. The minimum Gasteiger partial charge on any atom is -0.465 e. The Kier molecular flexibility index (Phi) is 5.51. The van der Waals surface area contributed by atoms with Gasteiger partial charge in [0.1, 0.15) is 11.5 Å². The number of hydrogen-bond donors (Lipinski definition) is 0. The first-order chi connectivity index (χ1) is 11.5. The molecule has 0 radical (unpaired) electrons. The SMILES string of the molecule is COC(=O)c1cc(OC(=O)/C=C/c2ccco2)cc(C(=O)OC)c1. The Labute approximate surface area is 137 Å². The van der Waals surface area contributed by atoms with E-state index in [4.69, 9.17) is 9.15 Å². The van der Waals surface area contributed by atoms with E-state index in [1.807, 2.05) is 0 Å².